The molecule has 0 radical (unpaired) electrons. The van der Waals surface area contributed by atoms with Gasteiger partial charge in [-0.1, -0.05) is 32.0 Å². The number of hydrogen-bond acceptors (Lipinski definition) is 4. The molecule has 1 heterocycles. The molecule has 0 aromatic heterocycles. The highest BCUT2D eigenvalue weighted by Gasteiger charge is 2.23. The molecule has 2 aromatic rings. The molecule has 1 atom stereocenters. The third kappa shape index (κ3) is 5.71. The van der Waals surface area contributed by atoms with Gasteiger partial charge in [0.15, 0.2) is 5.78 Å². The van der Waals surface area contributed by atoms with E-state index >= 15 is 0 Å². The highest BCUT2D eigenvalue weighted by molar-refractivity contribution is 6.15. The normalized spacial score (nSPS) is 17.3. The smallest absolute Gasteiger partial charge is 0.252 e. The summed E-state index contributed by atoms with van der Waals surface area (Å²) < 4.78 is 18.9. The van der Waals surface area contributed by atoms with Gasteiger partial charge in [0, 0.05) is 37.3 Å². The van der Waals surface area contributed by atoms with Crippen LogP contribution in [0.4, 0.5) is 4.39 Å². The summed E-state index contributed by atoms with van der Waals surface area (Å²) in [5.74, 6) is -0.465. The van der Waals surface area contributed by atoms with Crippen LogP contribution in [0.3, 0.4) is 0 Å². The molecule has 1 aliphatic rings. The number of carbonyl (C=O) groups is 2. The highest BCUT2D eigenvalue weighted by atomic mass is 19.1. The number of benzene rings is 2. The lowest BCUT2D eigenvalue weighted by Gasteiger charge is -2.34. The summed E-state index contributed by atoms with van der Waals surface area (Å²) in [5.41, 5.74) is 0.936. The van der Waals surface area contributed by atoms with Gasteiger partial charge in [0.2, 0.25) is 0 Å². The zero-order valence-corrected chi connectivity index (χ0v) is 16.9. The number of amides is 1. The van der Waals surface area contributed by atoms with Crippen LogP contribution in [0.15, 0.2) is 48.5 Å². The van der Waals surface area contributed by atoms with Crippen LogP contribution in [0.25, 0.3) is 0 Å². The molecule has 1 fully saturated rings. The molecule has 0 spiro atoms. The molecular weight excluding hydrogens is 371 g/mol. The van der Waals surface area contributed by atoms with Gasteiger partial charge in [0.25, 0.3) is 5.91 Å². The van der Waals surface area contributed by atoms with Crippen LogP contribution in [-0.2, 0) is 4.74 Å². The Balaban J connectivity index is 1.65. The predicted molar refractivity (Wildman–Crippen MR) is 110 cm³/mol. The first-order valence-corrected chi connectivity index (χ1v) is 9.95. The molecule has 1 aliphatic heterocycles. The summed E-state index contributed by atoms with van der Waals surface area (Å²) in [4.78, 5) is 27.9. The topological polar surface area (TPSA) is 58.6 Å². The second kappa shape index (κ2) is 9.76. The zero-order chi connectivity index (χ0) is 20.8. The molecule has 3 rings (SSSR count). The molecule has 0 aliphatic carbocycles. The summed E-state index contributed by atoms with van der Waals surface area (Å²) in [6.07, 6.45) is -0.0774. The van der Waals surface area contributed by atoms with Gasteiger partial charge in [-0.2, -0.15) is 0 Å². The molecule has 2 aromatic carbocycles. The zero-order valence-electron chi connectivity index (χ0n) is 16.9. The van der Waals surface area contributed by atoms with Gasteiger partial charge in [0.1, 0.15) is 5.82 Å². The molecule has 6 heteroatoms. The van der Waals surface area contributed by atoms with Gasteiger partial charge >= 0.3 is 0 Å². The predicted octanol–water partition coefficient (Wildman–Crippen LogP) is 3.14. The number of nitrogens with one attached hydrogen (secondary N) is 1. The second-order valence-corrected chi connectivity index (χ2v) is 7.74. The van der Waals surface area contributed by atoms with E-state index in [-0.39, 0.29) is 17.8 Å². The van der Waals surface area contributed by atoms with Gasteiger partial charge in [-0.15, -0.1) is 0 Å². The minimum Gasteiger partial charge on any atom is -0.374 e. The summed E-state index contributed by atoms with van der Waals surface area (Å²) in [6, 6.07) is 12.0. The Kier molecular flexibility index (Phi) is 7.12. The first kappa shape index (κ1) is 21.1. The van der Waals surface area contributed by atoms with E-state index in [1.165, 1.54) is 24.3 Å². The number of nitrogens with zero attached hydrogens (tertiary/aromatic N) is 1. The number of carbonyl (C=O) groups excluding carboxylic acids is 2. The Morgan fingerprint density at radius 3 is 2.52 bits per heavy atom. The first-order chi connectivity index (χ1) is 13.9. The van der Waals surface area contributed by atoms with Crippen molar-refractivity contribution < 1.29 is 18.7 Å². The molecular formula is C23H27FN2O3. The molecule has 1 saturated heterocycles. The molecule has 1 amide bonds. The van der Waals surface area contributed by atoms with Crippen molar-refractivity contribution in [2.24, 2.45) is 5.92 Å². The summed E-state index contributed by atoms with van der Waals surface area (Å²) in [5, 5.41) is 2.90. The van der Waals surface area contributed by atoms with Crippen molar-refractivity contribution >= 4 is 11.7 Å². The minimum atomic E-state index is -0.411. The van der Waals surface area contributed by atoms with Crippen LogP contribution in [0.2, 0.25) is 0 Å². The molecule has 1 unspecified atom stereocenters. The lowest BCUT2D eigenvalue weighted by Crippen LogP contribution is -2.48. The van der Waals surface area contributed by atoms with Crippen LogP contribution in [-0.4, -0.2) is 55.5 Å². The van der Waals surface area contributed by atoms with E-state index in [1.807, 2.05) is 0 Å². The fraction of sp³-hybridized carbons (Fsp3) is 0.391. The number of rotatable bonds is 7. The lowest BCUT2D eigenvalue weighted by atomic mass is 9.98. The van der Waals surface area contributed by atoms with E-state index in [9.17, 15) is 14.0 Å². The Hall–Kier alpha value is -2.57. The average molecular weight is 398 g/mol. The van der Waals surface area contributed by atoms with Crippen molar-refractivity contribution in [2.75, 3.05) is 32.8 Å². The Labute approximate surface area is 170 Å². The minimum absolute atomic E-state index is 0.0774. The van der Waals surface area contributed by atoms with Gasteiger partial charge in [-0.25, -0.2) is 4.39 Å². The van der Waals surface area contributed by atoms with Crippen molar-refractivity contribution in [2.45, 2.75) is 20.0 Å². The largest absolute Gasteiger partial charge is 0.374 e. The molecule has 0 saturated carbocycles. The number of ether oxygens (including phenoxy) is 1. The lowest BCUT2D eigenvalue weighted by molar-refractivity contribution is -0.0295. The summed E-state index contributed by atoms with van der Waals surface area (Å²) in [6.45, 7) is 8.07. The summed E-state index contributed by atoms with van der Waals surface area (Å²) >= 11 is 0. The second-order valence-electron chi connectivity index (χ2n) is 7.74. The molecule has 0 bridgehead atoms. The quantitative estimate of drug-likeness (QED) is 0.728. The van der Waals surface area contributed by atoms with E-state index in [0.29, 0.717) is 35.8 Å². The average Bonchev–Trinajstić information content (AvgIpc) is 2.72. The van der Waals surface area contributed by atoms with Crippen LogP contribution in [0.1, 0.15) is 40.1 Å². The fourth-order valence-corrected chi connectivity index (χ4v) is 3.52. The van der Waals surface area contributed by atoms with Crippen molar-refractivity contribution in [1.29, 1.82) is 0 Å². The number of morpholine rings is 1. The van der Waals surface area contributed by atoms with Crippen molar-refractivity contribution in [3.8, 4) is 0 Å². The fourth-order valence-electron chi connectivity index (χ4n) is 3.52. The van der Waals surface area contributed by atoms with E-state index in [1.54, 1.807) is 24.3 Å². The van der Waals surface area contributed by atoms with Gasteiger partial charge < -0.3 is 10.1 Å². The molecule has 5 nitrogen and oxygen atoms in total. The Bertz CT molecular complexity index is 851. The van der Waals surface area contributed by atoms with E-state index < -0.39 is 5.82 Å². The Morgan fingerprint density at radius 2 is 1.83 bits per heavy atom. The van der Waals surface area contributed by atoms with Crippen LogP contribution < -0.4 is 5.32 Å². The monoisotopic (exact) mass is 398 g/mol. The first-order valence-electron chi connectivity index (χ1n) is 9.95. The number of ketones is 1. The Morgan fingerprint density at radius 1 is 1.14 bits per heavy atom. The summed E-state index contributed by atoms with van der Waals surface area (Å²) in [7, 11) is 0. The van der Waals surface area contributed by atoms with Gasteiger partial charge in [-0.3, -0.25) is 14.5 Å². The third-order valence-corrected chi connectivity index (χ3v) is 4.86. The maximum atomic E-state index is 13.1. The van der Waals surface area contributed by atoms with Crippen molar-refractivity contribution in [3.63, 3.8) is 0 Å². The van der Waals surface area contributed by atoms with Crippen LogP contribution >= 0.6 is 0 Å². The van der Waals surface area contributed by atoms with Crippen LogP contribution in [0, 0.1) is 11.7 Å². The van der Waals surface area contributed by atoms with E-state index in [4.69, 9.17) is 4.74 Å². The van der Waals surface area contributed by atoms with Gasteiger partial charge in [0.05, 0.1) is 18.3 Å². The maximum Gasteiger partial charge on any atom is 0.252 e. The van der Waals surface area contributed by atoms with Gasteiger partial charge in [-0.05, 0) is 36.2 Å². The molecule has 154 valence electrons. The van der Waals surface area contributed by atoms with Crippen molar-refractivity contribution in [3.05, 3.63) is 71.0 Å². The number of hydrogen-bond donors (Lipinski definition) is 1. The highest BCUT2D eigenvalue weighted by Crippen LogP contribution is 2.16. The standard InChI is InChI=1S/C23H27FN2O3/c1-16(2)14-26-11-12-29-19(15-26)13-25-23(28)21-6-4-3-5-20(21)22(27)17-7-9-18(24)10-8-17/h3-10,16,19H,11-15H2,1-2H3,(H,25,28). The number of halogens is 1. The molecule has 29 heavy (non-hydrogen) atoms. The van der Waals surface area contributed by atoms with Crippen LogP contribution in [0.5, 0.6) is 0 Å². The van der Waals surface area contributed by atoms with E-state index in [0.717, 1.165) is 19.6 Å². The SMILES string of the molecule is CC(C)CN1CCOC(CNC(=O)c2ccccc2C(=O)c2ccc(F)cc2)C1. The van der Waals surface area contributed by atoms with E-state index in [2.05, 4.69) is 24.1 Å². The maximum absolute atomic E-state index is 13.1. The molecule has 1 N–H and O–H groups in total. The van der Waals surface area contributed by atoms with Crippen molar-refractivity contribution in [1.82, 2.24) is 10.2 Å². The third-order valence-electron chi connectivity index (χ3n) is 4.86.